The van der Waals surface area contributed by atoms with E-state index in [-0.39, 0.29) is 6.61 Å². The summed E-state index contributed by atoms with van der Waals surface area (Å²) in [5, 5.41) is 0.805. The van der Waals surface area contributed by atoms with Crippen LogP contribution in [0.2, 0.25) is 0 Å². The Morgan fingerprint density at radius 3 is 2.56 bits per heavy atom. The van der Waals surface area contributed by atoms with Gasteiger partial charge < -0.3 is 9.47 Å². The molecule has 2 heterocycles. The van der Waals surface area contributed by atoms with Gasteiger partial charge in [-0.3, -0.25) is 4.98 Å². The van der Waals surface area contributed by atoms with Crippen LogP contribution in [0.4, 0.5) is 0 Å². The summed E-state index contributed by atoms with van der Waals surface area (Å²) in [4.78, 5) is 8.98. The topological polar surface area (TPSA) is 85.2 Å². The standard InChI is InChI=1S/C20H23N3O3S/c1-20(2,3)27(21,24)15-7-5-6-14(12-15)13-26-17-9-11-22-18-16(17)8-10-23-19(18)25-4/h5-12,21H,13H2,1-4H3. The minimum absolute atomic E-state index is 0.289. The number of benzene rings is 1. The molecule has 1 aromatic carbocycles. The van der Waals surface area contributed by atoms with Crippen molar-refractivity contribution in [1.82, 2.24) is 9.97 Å². The molecule has 0 spiro atoms. The van der Waals surface area contributed by atoms with Gasteiger partial charge in [-0.15, -0.1) is 0 Å². The summed E-state index contributed by atoms with van der Waals surface area (Å²) >= 11 is 0. The van der Waals surface area contributed by atoms with Crippen molar-refractivity contribution in [3.05, 3.63) is 54.4 Å². The highest BCUT2D eigenvalue weighted by Crippen LogP contribution is 2.30. The van der Waals surface area contributed by atoms with Gasteiger partial charge in [0, 0.05) is 27.4 Å². The summed E-state index contributed by atoms with van der Waals surface area (Å²) in [5.74, 6) is 1.10. The third-order valence-electron chi connectivity index (χ3n) is 4.27. The summed E-state index contributed by atoms with van der Waals surface area (Å²) in [6.07, 6.45) is 3.30. The maximum Gasteiger partial charge on any atom is 0.240 e. The Kier molecular flexibility index (Phi) is 5.06. The Labute approximate surface area is 159 Å². The van der Waals surface area contributed by atoms with E-state index in [9.17, 15) is 4.21 Å². The third kappa shape index (κ3) is 3.73. The Bertz CT molecular complexity index is 1070. The number of methoxy groups -OCH3 is 1. The minimum atomic E-state index is -2.92. The van der Waals surface area contributed by atoms with Crippen LogP contribution >= 0.6 is 0 Å². The Morgan fingerprint density at radius 1 is 1.11 bits per heavy atom. The van der Waals surface area contributed by atoms with E-state index in [1.54, 1.807) is 37.7 Å². The van der Waals surface area contributed by atoms with Crippen molar-refractivity contribution in [2.45, 2.75) is 37.0 Å². The van der Waals surface area contributed by atoms with E-state index >= 15 is 0 Å². The van der Waals surface area contributed by atoms with E-state index in [0.717, 1.165) is 10.9 Å². The van der Waals surface area contributed by atoms with Crippen LogP contribution < -0.4 is 9.47 Å². The lowest BCUT2D eigenvalue weighted by atomic mass is 10.2. The Hall–Kier alpha value is -2.67. The first-order valence-corrected chi connectivity index (χ1v) is 10.1. The van der Waals surface area contributed by atoms with Gasteiger partial charge in [0.15, 0.2) is 0 Å². The van der Waals surface area contributed by atoms with E-state index in [0.29, 0.717) is 22.0 Å². The number of aromatic nitrogens is 2. The van der Waals surface area contributed by atoms with Gasteiger partial charge in [0.05, 0.1) is 16.8 Å². The molecule has 0 saturated carbocycles. The molecule has 1 unspecified atom stereocenters. The second-order valence-electron chi connectivity index (χ2n) is 7.13. The number of pyridine rings is 2. The minimum Gasteiger partial charge on any atom is -0.488 e. The zero-order chi connectivity index (χ0) is 19.7. The summed E-state index contributed by atoms with van der Waals surface area (Å²) in [5.41, 5.74) is 1.48. The van der Waals surface area contributed by atoms with Crippen LogP contribution in [0.25, 0.3) is 10.9 Å². The molecular weight excluding hydrogens is 362 g/mol. The summed E-state index contributed by atoms with van der Waals surface area (Å²) < 4.78 is 31.8. The maximum atomic E-state index is 12.9. The van der Waals surface area contributed by atoms with Crippen LogP contribution in [-0.2, 0) is 16.3 Å². The number of hydrogen-bond acceptors (Lipinski definition) is 6. The first-order valence-electron chi connectivity index (χ1n) is 8.52. The molecule has 6 nitrogen and oxygen atoms in total. The number of nitrogens with one attached hydrogen (secondary N) is 1. The van der Waals surface area contributed by atoms with Crippen molar-refractivity contribution in [2.75, 3.05) is 7.11 Å². The number of hydrogen-bond donors (Lipinski definition) is 1. The fourth-order valence-electron chi connectivity index (χ4n) is 2.63. The normalized spacial score (nSPS) is 13.9. The Morgan fingerprint density at radius 2 is 1.85 bits per heavy atom. The SMILES string of the molecule is COc1nccc2c(OCc3cccc(S(=N)(=O)C(C)(C)C)c3)ccnc12. The molecule has 0 aliphatic carbocycles. The van der Waals surface area contributed by atoms with Crippen LogP contribution in [0.15, 0.2) is 53.7 Å². The van der Waals surface area contributed by atoms with Crippen molar-refractivity contribution < 1.29 is 13.7 Å². The molecule has 0 aliphatic rings. The van der Waals surface area contributed by atoms with Gasteiger partial charge in [-0.2, -0.15) is 0 Å². The van der Waals surface area contributed by atoms with Gasteiger partial charge in [0.1, 0.15) is 17.9 Å². The molecule has 27 heavy (non-hydrogen) atoms. The van der Waals surface area contributed by atoms with Gasteiger partial charge in [-0.25, -0.2) is 14.0 Å². The number of nitrogens with zero attached hydrogens (tertiary/aromatic N) is 2. The predicted molar refractivity (Wildman–Crippen MR) is 106 cm³/mol. The average Bonchev–Trinajstić information content (AvgIpc) is 2.65. The lowest BCUT2D eigenvalue weighted by Crippen LogP contribution is -2.26. The fraction of sp³-hybridized carbons (Fsp3) is 0.300. The second-order valence-corrected chi connectivity index (χ2v) is 9.94. The molecule has 2 aromatic heterocycles. The summed E-state index contributed by atoms with van der Waals surface area (Å²) in [6, 6.07) is 10.8. The van der Waals surface area contributed by atoms with Gasteiger partial charge in [0.2, 0.25) is 5.88 Å². The molecule has 3 rings (SSSR count). The summed E-state index contributed by atoms with van der Waals surface area (Å²) in [6.45, 7) is 5.74. The largest absolute Gasteiger partial charge is 0.488 e. The highest BCUT2D eigenvalue weighted by Gasteiger charge is 2.27. The van der Waals surface area contributed by atoms with Crippen molar-refractivity contribution in [2.24, 2.45) is 0 Å². The van der Waals surface area contributed by atoms with Crippen LogP contribution in [0.3, 0.4) is 0 Å². The molecular formula is C20H23N3O3S. The molecule has 0 fully saturated rings. The lowest BCUT2D eigenvalue weighted by Gasteiger charge is -2.23. The third-order valence-corrected chi connectivity index (χ3v) is 6.91. The van der Waals surface area contributed by atoms with Crippen LogP contribution in [-0.4, -0.2) is 26.0 Å². The van der Waals surface area contributed by atoms with Crippen molar-refractivity contribution >= 4 is 20.6 Å². The highest BCUT2D eigenvalue weighted by atomic mass is 32.2. The van der Waals surface area contributed by atoms with Gasteiger partial charge >= 0.3 is 0 Å². The van der Waals surface area contributed by atoms with Crippen molar-refractivity contribution in [3.63, 3.8) is 0 Å². The Balaban J connectivity index is 1.89. The molecule has 0 saturated heterocycles. The van der Waals surface area contributed by atoms with E-state index in [2.05, 4.69) is 9.97 Å². The van der Waals surface area contributed by atoms with E-state index in [1.807, 2.05) is 39.0 Å². The van der Waals surface area contributed by atoms with Gasteiger partial charge in [-0.05, 0) is 50.6 Å². The van der Waals surface area contributed by atoms with E-state index < -0.39 is 14.5 Å². The van der Waals surface area contributed by atoms with Crippen molar-refractivity contribution in [3.8, 4) is 11.6 Å². The van der Waals surface area contributed by atoms with E-state index in [1.165, 1.54) is 0 Å². The number of ether oxygens (including phenoxy) is 2. The molecule has 142 valence electrons. The molecule has 3 aromatic rings. The fourth-order valence-corrected chi connectivity index (χ4v) is 3.93. The number of rotatable bonds is 5. The number of fused-ring (bicyclic) bond motifs is 1. The van der Waals surface area contributed by atoms with Crippen LogP contribution in [0.1, 0.15) is 26.3 Å². The zero-order valence-electron chi connectivity index (χ0n) is 15.9. The maximum absolute atomic E-state index is 12.9. The summed E-state index contributed by atoms with van der Waals surface area (Å²) in [7, 11) is -1.36. The molecule has 0 bridgehead atoms. The van der Waals surface area contributed by atoms with Gasteiger partial charge in [-0.1, -0.05) is 12.1 Å². The van der Waals surface area contributed by atoms with Crippen LogP contribution in [0.5, 0.6) is 11.6 Å². The molecule has 0 radical (unpaired) electrons. The quantitative estimate of drug-likeness (QED) is 0.702. The lowest BCUT2D eigenvalue weighted by molar-refractivity contribution is 0.309. The predicted octanol–water partition coefficient (Wildman–Crippen LogP) is 4.42. The van der Waals surface area contributed by atoms with Crippen molar-refractivity contribution in [1.29, 1.82) is 4.78 Å². The average molecular weight is 385 g/mol. The highest BCUT2D eigenvalue weighted by molar-refractivity contribution is 7.93. The molecule has 0 aliphatic heterocycles. The van der Waals surface area contributed by atoms with E-state index in [4.69, 9.17) is 14.3 Å². The van der Waals surface area contributed by atoms with Gasteiger partial charge in [0.25, 0.3) is 0 Å². The molecule has 0 amide bonds. The molecule has 1 N–H and O–H groups in total. The molecule has 1 atom stereocenters. The first kappa shape index (κ1) is 19.1. The first-order chi connectivity index (χ1) is 12.7. The van der Waals surface area contributed by atoms with Crippen LogP contribution in [0, 0.1) is 4.78 Å². The monoisotopic (exact) mass is 385 g/mol. The molecule has 7 heteroatoms. The smallest absolute Gasteiger partial charge is 0.240 e. The second kappa shape index (κ2) is 7.15. The zero-order valence-corrected chi connectivity index (χ0v) is 16.7.